The van der Waals surface area contributed by atoms with E-state index in [-0.39, 0.29) is 36.5 Å². The number of aliphatic hydroxyl groups excluding tert-OH is 1. The molecule has 0 aliphatic carbocycles. The number of rotatable bonds is 7. The lowest BCUT2D eigenvalue weighted by Gasteiger charge is -2.30. The number of nitrogens with zero attached hydrogens (tertiary/aromatic N) is 3. The summed E-state index contributed by atoms with van der Waals surface area (Å²) in [5, 5.41) is 16.2. The number of benzene rings is 1. The fourth-order valence-corrected chi connectivity index (χ4v) is 3.47. The van der Waals surface area contributed by atoms with Crippen molar-refractivity contribution >= 4 is 11.6 Å². The Bertz CT molecular complexity index is 973. The number of carbonyl (C=O) groups is 1. The lowest BCUT2D eigenvalue weighted by Crippen LogP contribution is -2.43. The Morgan fingerprint density at radius 2 is 2.00 bits per heavy atom. The van der Waals surface area contributed by atoms with Gasteiger partial charge in [-0.2, -0.15) is 0 Å². The summed E-state index contributed by atoms with van der Waals surface area (Å²) in [7, 11) is 1.61. The Morgan fingerprint density at radius 3 is 2.69 bits per heavy atom. The smallest absolute Gasteiger partial charge is 0.270 e. The van der Waals surface area contributed by atoms with Gasteiger partial charge in [-0.15, -0.1) is 0 Å². The maximum atomic E-state index is 12.7. The number of ether oxygens (including phenoxy) is 3. The maximum Gasteiger partial charge on any atom is 0.270 e. The van der Waals surface area contributed by atoms with Gasteiger partial charge in [0.2, 0.25) is 0 Å². The molecule has 10 heteroatoms. The van der Waals surface area contributed by atoms with E-state index in [1.165, 1.54) is 0 Å². The van der Waals surface area contributed by atoms with Crippen molar-refractivity contribution in [3.8, 4) is 5.75 Å². The normalized spacial score (nSPS) is 22.7. The molecule has 2 aliphatic heterocycles. The zero-order valence-electron chi connectivity index (χ0n) is 18.0. The quantitative estimate of drug-likeness (QED) is 0.651. The highest BCUT2D eigenvalue weighted by molar-refractivity contribution is 6.02. The molecule has 1 unspecified atom stereocenters. The average molecular weight is 442 g/mol. The zero-order chi connectivity index (χ0) is 22.5. The standard InChI is InChI=1S/C22H26N4O6/c1-13-24-17(18-8-20(32-26-18)21-12-30-16(10-27)11-31-21)7-19(25-13)22(28)23-9-14-3-5-15(29-2)6-4-14/h3-7,16,20-21,27H,8-12H2,1-2H3,(H,23,28)/t16-,20-,21?/m0/s1. The third kappa shape index (κ3) is 5.21. The molecule has 2 N–H and O–H groups in total. The van der Waals surface area contributed by atoms with Gasteiger partial charge >= 0.3 is 0 Å². The summed E-state index contributed by atoms with van der Waals surface area (Å²) < 4.78 is 16.4. The van der Waals surface area contributed by atoms with Gasteiger partial charge in [-0.3, -0.25) is 4.79 Å². The van der Waals surface area contributed by atoms with Crippen LogP contribution in [0.25, 0.3) is 0 Å². The van der Waals surface area contributed by atoms with Crippen LogP contribution in [0.2, 0.25) is 0 Å². The van der Waals surface area contributed by atoms with Crippen molar-refractivity contribution in [2.24, 2.45) is 5.16 Å². The summed E-state index contributed by atoms with van der Waals surface area (Å²) in [5.74, 6) is 0.918. The monoisotopic (exact) mass is 442 g/mol. The highest BCUT2D eigenvalue weighted by Crippen LogP contribution is 2.23. The predicted octanol–water partition coefficient (Wildman–Crippen LogP) is 0.993. The van der Waals surface area contributed by atoms with Crippen molar-refractivity contribution in [2.75, 3.05) is 26.9 Å². The summed E-state index contributed by atoms with van der Waals surface area (Å²) >= 11 is 0. The molecular weight excluding hydrogens is 416 g/mol. The number of carbonyl (C=O) groups excluding carboxylic acids is 1. The Hall–Kier alpha value is -3.08. The summed E-state index contributed by atoms with van der Waals surface area (Å²) in [5.41, 5.74) is 2.37. The zero-order valence-corrected chi connectivity index (χ0v) is 18.0. The summed E-state index contributed by atoms with van der Waals surface area (Å²) in [6.45, 7) is 2.64. The minimum absolute atomic E-state index is 0.0798. The molecular formula is C22H26N4O6. The fraction of sp³-hybridized carbons (Fsp3) is 0.455. The van der Waals surface area contributed by atoms with Gasteiger partial charge in [0.1, 0.15) is 35.2 Å². The molecule has 4 rings (SSSR count). The Morgan fingerprint density at radius 1 is 1.19 bits per heavy atom. The molecule has 1 amide bonds. The van der Waals surface area contributed by atoms with E-state index in [0.717, 1.165) is 11.3 Å². The molecule has 0 bridgehead atoms. The number of aliphatic hydroxyl groups is 1. The Labute approximate surface area is 185 Å². The summed E-state index contributed by atoms with van der Waals surface area (Å²) in [6.07, 6.45) is -0.431. The van der Waals surface area contributed by atoms with Gasteiger partial charge in [0.25, 0.3) is 5.91 Å². The van der Waals surface area contributed by atoms with Gasteiger partial charge in [-0.25, -0.2) is 9.97 Å². The third-order valence-corrected chi connectivity index (χ3v) is 5.28. The molecule has 3 atom stereocenters. The lowest BCUT2D eigenvalue weighted by atomic mass is 10.0. The van der Waals surface area contributed by atoms with E-state index in [4.69, 9.17) is 24.2 Å². The van der Waals surface area contributed by atoms with E-state index in [9.17, 15) is 4.79 Å². The van der Waals surface area contributed by atoms with Gasteiger partial charge in [0, 0.05) is 13.0 Å². The molecule has 10 nitrogen and oxygen atoms in total. The van der Waals surface area contributed by atoms with Crippen molar-refractivity contribution in [1.29, 1.82) is 0 Å². The van der Waals surface area contributed by atoms with E-state index in [1.54, 1.807) is 20.1 Å². The second-order valence-electron chi connectivity index (χ2n) is 7.61. The third-order valence-electron chi connectivity index (χ3n) is 5.28. The summed E-state index contributed by atoms with van der Waals surface area (Å²) in [4.78, 5) is 26.9. The van der Waals surface area contributed by atoms with Crippen molar-refractivity contribution in [2.45, 2.75) is 38.2 Å². The van der Waals surface area contributed by atoms with Crippen LogP contribution >= 0.6 is 0 Å². The molecule has 3 heterocycles. The van der Waals surface area contributed by atoms with Crippen LogP contribution in [0.3, 0.4) is 0 Å². The number of hydrogen-bond acceptors (Lipinski definition) is 9. The molecule has 170 valence electrons. The maximum absolute atomic E-state index is 12.7. The predicted molar refractivity (Wildman–Crippen MR) is 114 cm³/mol. The number of hydrogen-bond donors (Lipinski definition) is 2. The van der Waals surface area contributed by atoms with E-state index >= 15 is 0 Å². The molecule has 1 saturated heterocycles. The van der Waals surface area contributed by atoms with E-state index in [2.05, 4.69) is 20.4 Å². The first-order valence-electron chi connectivity index (χ1n) is 10.4. The van der Waals surface area contributed by atoms with Crippen LogP contribution in [-0.4, -0.2) is 71.9 Å². The van der Waals surface area contributed by atoms with Gasteiger partial charge < -0.3 is 29.5 Å². The lowest BCUT2D eigenvalue weighted by molar-refractivity contribution is -0.178. The Kier molecular flexibility index (Phi) is 6.93. The first-order chi connectivity index (χ1) is 15.6. The molecule has 2 aliphatic rings. The molecule has 2 aromatic rings. The van der Waals surface area contributed by atoms with Crippen molar-refractivity contribution in [1.82, 2.24) is 15.3 Å². The molecule has 1 aromatic heterocycles. The largest absolute Gasteiger partial charge is 0.497 e. The molecule has 1 aromatic carbocycles. The molecule has 0 radical (unpaired) electrons. The highest BCUT2D eigenvalue weighted by Gasteiger charge is 2.35. The number of aromatic nitrogens is 2. The molecule has 0 saturated carbocycles. The number of methoxy groups -OCH3 is 1. The Balaban J connectivity index is 1.37. The summed E-state index contributed by atoms with van der Waals surface area (Å²) in [6, 6.07) is 9.07. The van der Waals surface area contributed by atoms with E-state index in [0.29, 0.717) is 43.4 Å². The van der Waals surface area contributed by atoms with Crippen molar-refractivity contribution < 1.29 is 28.9 Å². The van der Waals surface area contributed by atoms with Gasteiger partial charge in [-0.1, -0.05) is 17.3 Å². The number of oxime groups is 1. The van der Waals surface area contributed by atoms with Crippen LogP contribution in [0.1, 0.15) is 34.0 Å². The van der Waals surface area contributed by atoms with E-state index < -0.39 is 0 Å². The SMILES string of the molecule is COc1ccc(CNC(=O)c2cc(C3=NO[C@H](C4CO[C@@H](CO)CO4)C3)nc(C)n2)cc1. The van der Waals surface area contributed by atoms with Crippen molar-refractivity contribution in [3.05, 3.63) is 53.1 Å². The molecule has 0 spiro atoms. The molecule has 1 fully saturated rings. The first-order valence-corrected chi connectivity index (χ1v) is 10.4. The molecule has 32 heavy (non-hydrogen) atoms. The first kappa shape index (κ1) is 22.1. The van der Waals surface area contributed by atoms with Crippen LogP contribution in [-0.2, 0) is 20.9 Å². The number of nitrogens with one attached hydrogen (secondary N) is 1. The van der Waals surface area contributed by atoms with Crippen LogP contribution in [0.15, 0.2) is 35.5 Å². The second-order valence-corrected chi connectivity index (χ2v) is 7.61. The minimum Gasteiger partial charge on any atom is -0.497 e. The van der Waals surface area contributed by atoms with Crippen LogP contribution < -0.4 is 10.1 Å². The van der Waals surface area contributed by atoms with Crippen LogP contribution in [0.5, 0.6) is 5.75 Å². The minimum atomic E-state index is -0.313. The van der Waals surface area contributed by atoms with Gasteiger partial charge in [0.05, 0.1) is 32.6 Å². The fourth-order valence-electron chi connectivity index (χ4n) is 3.47. The topological polar surface area (TPSA) is 124 Å². The average Bonchev–Trinajstić information content (AvgIpc) is 3.33. The highest BCUT2D eigenvalue weighted by atomic mass is 16.7. The second kappa shape index (κ2) is 10.0. The van der Waals surface area contributed by atoms with Gasteiger partial charge in [0.15, 0.2) is 6.10 Å². The van der Waals surface area contributed by atoms with E-state index in [1.807, 2.05) is 24.3 Å². The van der Waals surface area contributed by atoms with Gasteiger partial charge in [-0.05, 0) is 30.7 Å². The van der Waals surface area contributed by atoms with Crippen molar-refractivity contribution in [3.63, 3.8) is 0 Å². The number of amides is 1. The van der Waals surface area contributed by atoms with Crippen LogP contribution in [0.4, 0.5) is 0 Å². The number of aryl methyl sites for hydroxylation is 1. The van der Waals surface area contributed by atoms with Crippen LogP contribution in [0, 0.1) is 6.92 Å².